The van der Waals surface area contributed by atoms with Crippen LogP contribution in [0.2, 0.25) is 0 Å². The van der Waals surface area contributed by atoms with E-state index in [-0.39, 0.29) is 11.8 Å². The van der Waals surface area contributed by atoms with Gasteiger partial charge in [-0.25, -0.2) is 9.18 Å². The summed E-state index contributed by atoms with van der Waals surface area (Å²) in [4.78, 5) is 16.6. The van der Waals surface area contributed by atoms with Gasteiger partial charge in [0.15, 0.2) is 0 Å². The average Bonchev–Trinajstić information content (AvgIpc) is 3.29. The molecule has 2 amide bonds. The Kier molecular flexibility index (Phi) is 5.65. The molecule has 0 saturated carbocycles. The van der Waals surface area contributed by atoms with Crippen molar-refractivity contribution in [3.05, 3.63) is 83.2 Å². The first kappa shape index (κ1) is 20.9. The van der Waals surface area contributed by atoms with E-state index in [1.165, 1.54) is 12.1 Å². The zero-order valence-corrected chi connectivity index (χ0v) is 17.8. The number of nitrogens with two attached hydrogens (primary N) is 1. The fraction of sp³-hybridized carbons (Fsp3) is 0.304. The first-order chi connectivity index (χ1) is 14.8. The number of hydrogen-bond donors (Lipinski definition) is 2. The zero-order valence-electron chi connectivity index (χ0n) is 17.8. The second kappa shape index (κ2) is 8.39. The third-order valence-corrected chi connectivity index (χ3v) is 5.72. The molecule has 0 atom stereocenters. The molecule has 8 heteroatoms. The number of benzene rings is 1. The van der Waals surface area contributed by atoms with E-state index in [0.29, 0.717) is 30.5 Å². The minimum atomic E-state index is -0.279. The Morgan fingerprint density at radius 2 is 1.97 bits per heavy atom. The van der Waals surface area contributed by atoms with Gasteiger partial charge in [-0.1, -0.05) is 24.8 Å². The van der Waals surface area contributed by atoms with Crippen molar-refractivity contribution in [2.75, 3.05) is 20.1 Å². The summed E-state index contributed by atoms with van der Waals surface area (Å²) in [6, 6.07) is 6.39. The van der Waals surface area contributed by atoms with Crippen molar-refractivity contribution in [1.82, 2.24) is 24.9 Å². The number of nitrogens with zero attached hydrogens (tertiary/aromatic N) is 4. The average molecular weight is 423 g/mol. The number of allylic oxidation sites excluding steroid dienone is 3. The van der Waals surface area contributed by atoms with Gasteiger partial charge >= 0.3 is 6.03 Å². The van der Waals surface area contributed by atoms with Gasteiger partial charge in [-0.05, 0) is 43.3 Å². The summed E-state index contributed by atoms with van der Waals surface area (Å²) in [6.45, 7) is 8.77. The fourth-order valence-corrected chi connectivity index (χ4v) is 3.74. The van der Waals surface area contributed by atoms with Gasteiger partial charge in [-0.3, -0.25) is 4.68 Å². The SMILES string of the molecule is C=C(NC(=O)N1Cc2cn(C3CN(C)C3)nc2C1)/C(N)=C\C=C(/C)c1ccc(F)cc1. The van der Waals surface area contributed by atoms with Gasteiger partial charge in [0.1, 0.15) is 5.82 Å². The van der Waals surface area contributed by atoms with Crippen molar-refractivity contribution in [2.24, 2.45) is 5.73 Å². The van der Waals surface area contributed by atoms with Crippen molar-refractivity contribution in [3.8, 4) is 0 Å². The van der Waals surface area contributed by atoms with Crippen LogP contribution in [0.25, 0.3) is 5.57 Å². The summed E-state index contributed by atoms with van der Waals surface area (Å²) in [6.07, 6.45) is 5.54. The van der Waals surface area contributed by atoms with Gasteiger partial charge in [-0.15, -0.1) is 0 Å². The van der Waals surface area contributed by atoms with E-state index in [1.807, 2.05) is 23.9 Å². The Morgan fingerprint density at radius 1 is 1.26 bits per heavy atom. The molecule has 0 spiro atoms. The van der Waals surface area contributed by atoms with Gasteiger partial charge in [0.05, 0.1) is 36.2 Å². The third-order valence-electron chi connectivity index (χ3n) is 5.72. The largest absolute Gasteiger partial charge is 0.397 e. The van der Waals surface area contributed by atoms with E-state index in [1.54, 1.807) is 23.1 Å². The molecule has 31 heavy (non-hydrogen) atoms. The summed E-state index contributed by atoms with van der Waals surface area (Å²) < 4.78 is 15.1. The number of likely N-dealkylation sites (tertiary alicyclic amines) is 1. The third kappa shape index (κ3) is 4.54. The Morgan fingerprint density at radius 3 is 2.61 bits per heavy atom. The molecule has 1 saturated heterocycles. The number of carbonyl (C=O) groups is 1. The number of carbonyl (C=O) groups excluding carboxylic acids is 1. The number of rotatable bonds is 5. The number of urea groups is 1. The van der Waals surface area contributed by atoms with Crippen LogP contribution in [0.3, 0.4) is 0 Å². The van der Waals surface area contributed by atoms with Gasteiger partial charge in [0.25, 0.3) is 0 Å². The molecule has 0 unspecified atom stereocenters. The number of amides is 2. The van der Waals surface area contributed by atoms with Crippen LogP contribution in [0.15, 0.2) is 60.6 Å². The number of fused-ring (bicyclic) bond motifs is 1. The highest BCUT2D eigenvalue weighted by Crippen LogP contribution is 2.26. The molecule has 3 heterocycles. The van der Waals surface area contributed by atoms with Crippen LogP contribution in [-0.2, 0) is 13.1 Å². The molecular formula is C23H27FN6O. The van der Waals surface area contributed by atoms with E-state index in [4.69, 9.17) is 5.73 Å². The van der Waals surface area contributed by atoms with Crippen LogP contribution in [0.1, 0.15) is 29.8 Å². The highest BCUT2D eigenvalue weighted by Gasteiger charge is 2.31. The topological polar surface area (TPSA) is 79.4 Å². The molecule has 1 aromatic heterocycles. The first-order valence-electron chi connectivity index (χ1n) is 10.2. The molecule has 2 aromatic rings. The number of aromatic nitrogens is 2. The van der Waals surface area contributed by atoms with Gasteiger partial charge in [0, 0.05) is 24.8 Å². The molecule has 2 aliphatic heterocycles. The predicted molar refractivity (Wildman–Crippen MR) is 118 cm³/mol. The highest BCUT2D eigenvalue weighted by molar-refractivity contribution is 5.77. The van der Waals surface area contributed by atoms with Crippen molar-refractivity contribution < 1.29 is 9.18 Å². The maximum absolute atomic E-state index is 13.1. The van der Waals surface area contributed by atoms with E-state index in [0.717, 1.165) is 35.5 Å². The van der Waals surface area contributed by atoms with Crippen molar-refractivity contribution >= 4 is 11.6 Å². The lowest BCUT2D eigenvalue weighted by molar-refractivity contribution is 0.129. The maximum atomic E-state index is 13.1. The maximum Gasteiger partial charge on any atom is 0.322 e. The summed E-state index contributed by atoms with van der Waals surface area (Å²) in [5.41, 5.74) is 10.6. The van der Waals surface area contributed by atoms with E-state index < -0.39 is 0 Å². The van der Waals surface area contributed by atoms with E-state index in [9.17, 15) is 9.18 Å². The molecule has 7 nitrogen and oxygen atoms in total. The monoisotopic (exact) mass is 422 g/mol. The van der Waals surface area contributed by atoms with Gasteiger partial charge < -0.3 is 20.9 Å². The zero-order chi connectivity index (χ0) is 22.1. The standard InChI is InChI=1S/C23H27FN6O/c1-15(17-5-7-19(24)8-6-17)4-9-21(25)16(2)26-23(31)29-10-18-11-30(27-22(18)14-29)20-12-28(3)13-20/h4-9,11,20H,2,10,12-14,25H2,1,3H3,(H,26,31)/b15-4+,21-9+. The van der Waals surface area contributed by atoms with Crippen LogP contribution < -0.4 is 11.1 Å². The van der Waals surface area contributed by atoms with Crippen molar-refractivity contribution in [1.29, 1.82) is 0 Å². The minimum absolute atomic E-state index is 0.256. The smallest absolute Gasteiger partial charge is 0.322 e. The second-order valence-corrected chi connectivity index (χ2v) is 8.20. The first-order valence-corrected chi connectivity index (χ1v) is 10.2. The lowest BCUT2D eigenvalue weighted by Crippen LogP contribution is -2.45. The number of likely N-dealkylation sites (N-methyl/N-ethyl adjacent to an activating group) is 1. The Hall–Kier alpha value is -3.39. The lowest BCUT2D eigenvalue weighted by atomic mass is 10.1. The number of halogens is 1. The molecule has 0 radical (unpaired) electrons. The summed E-state index contributed by atoms with van der Waals surface area (Å²) in [5.74, 6) is -0.279. The van der Waals surface area contributed by atoms with E-state index in [2.05, 4.69) is 28.9 Å². The van der Waals surface area contributed by atoms with Gasteiger partial charge in [-0.2, -0.15) is 5.10 Å². The molecule has 4 rings (SSSR count). The van der Waals surface area contributed by atoms with Crippen LogP contribution in [0.5, 0.6) is 0 Å². The van der Waals surface area contributed by atoms with Crippen molar-refractivity contribution in [3.63, 3.8) is 0 Å². The Labute approximate surface area is 181 Å². The fourth-order valence-electron chi connectivity index (χ4n) is 3.74. The molecule has 3 N–H and O–H groups in total. The highest BCUT2D eigenvalue weighted by atomic mass is 19.1. The number of hydrogen-bond acceptors (Lipinski definition) is 4. The molecular weight excluding hydrogens is 395 g/mol. The molecule has 1 fully saturated rings. The number of nitrogens with one attached hydrogen (secondary N) is 1. The minimum Gasteiger partial charge on any atom is -0.397 e. The van der Waals surface area contributed by atoms with E-state index >= 15 is 0 Å². The Balaban J connectivity index is 1.32. The predicted octanol–water partition coefficient (Wildman–Crippen LogP) is 2.99. The van der Waals surface area contributed by atoms with Gasteiger partial charge in [0.2, 0.25) is 0 Å². The Bertz CT molecular complexity index is 1040. The van der Waals surface area contributed by atoms with Crippen LogP contribution in [0.4, 0.5) is 9.18 Å². The second-order valence-electron chi connectivity index (χ2n) is 8.20. The van der Waals surface area contributed by atoms with Crippen LogP contribution >= 0.6 is 0 Å². The lowest BCUT2D eigenvalue weighted by Gasteiger charge is -2.36. The molecule has 0 aliphatic carbocycles. The molecule has 2 aliphatic rings. The summed E-state index contributed by atoms with van der Waals surface area (Å²) >= 11 is 0. The normalized spacial score (nSPS) is 17.5. The molecule has 0 bridgehead atoms. The van der Waals surface area contributed by atoms with Crippen LogP contribution in [0, 0.1) is 5.82 Å². The summed E-state index contributed by atoms with van der Waals surface area (Å²) in [7, 11) is 2.09. The van der Waals surface area contributed by atoms with Crippen LogP contribution in [-0.4, -0.2) is 45.7 Å². The quantitative estimate of drug-likeness (QED) is 0.726. The molecule has 1 aromatic carbocycles. The molecule has 162 valence electrons. The van der Waals surface area contributed by atoms with Crippen molar-refractivity contribution in [2.45, 2.75) is 26.1 Å². The summed E-state index contributed by atoms with van der Waals surface area (Å²) in [5, 5.41) is 7.42.